The number of alkyl halides is 6. The van der Waals surface area contributed by atoms with Gasteiger partial charge in [-0.2, -0.15) is 26.3 Å². The Morgan fingerprint density at radius 2 is 1.37 bits per heavy atom. The van der Waals surface area contributed by atoms with Crippen molar-refractivity contribution in [1.82, 2.24) is 0 Å². The molecule has 3 aliphatic rings. The molecule has 0 aliphatic carbocycles. The van der Waals surface area contributed by atoms with E-state index in [0.717, 1.165) is 62.1 Å². The molecule has 0 aromatic heterocycles. The molecule has 9 rings (SSSR count). The lowest BCUT2D eigenvalue weighted by Crippen LogP contribution is -2.32. The Morgan fingerprint density at radius 3 is 2.12 bits per heavy atom. The quantitative estimate of drug-likeness (QED) is 0.167. The molecule has 3 heterocycles. The standard InChI is InChI=1S/C43H29F6NO2/c1-24-31-9-6-7-11-33(31)41(52-24)34-15-14-30(22-38(34)51-37-17-13-25-8-4-5-10-32(25)39(37)41)50-23-40(2,3)35-20-26(12-16-36(35)50)27-18-28(42(44,45)46)21-29(19-27)43(47,48)49/h4-22H,1,23H2,2-3H3. The van der Waals surface area contributed by atoms with Gasteiger partial charge in [0, 0.05) is 46.1 Å². The van der Waals surface area contributed by atoms with Crippen molar-refractivity contribution in [2.45, 2.75) is 37.2 Å². The van der Waals surface area contributed by atoms with Gasteiger partial charge in [-0.05, 0) is 76.0 Å². The number of hydrogen-bond acceptors (Lipinski definition) is 3. The summed E-state index contributed by atoms with van der Waals surface area (Å²) in [6, 6.07) is 32.8. The van der Waals surface area contributed by atoms with E-state index in [-0.39, 0.29) is 17.2 Å². The van der Waals surface area contributed by atoms with Crippen LogP contribution in [0.5, 0.6) is 11.5 Å². The second-order valence-electron chi connectivity index (χ2n) is 14.2. The van der Waals surface area contributed by atoms with E-state index < -0.39 is 34.5 Å². The number of fused-ring (bicyclic) bond motifs is 9. The zero-order chi connectivity index (χ0) is 36.4. The first kappa shape index (κ1) is 32.2. The summed E-state index contributed by atoms with van der Waals surface area (Å²) in [7, 11) is 0. The molecule has 52 heavy (non-hydrogen) atoms. The van der Waals surface area contributed by atoms with Gasteiger partial charge in [0.1, 0.15) is 17.3 Å². The molecule has 9 heteroatoms. The summed E-state index contributed by atoms with van der Waals surface area (Å²) in [6.07, 6.45) is -9.88. The second kappa shape index (κ2) is 10.7. The lowest BCUT2D eigenvalue weighted by atomic mass is 9.76. The third-order valence-electron chi connectivity index (χ3n) is 10.5. The van der Waals surface area contributed by atoms with Crippen molar-refractivity contribution in [2.75, 3.05) is 11.4 Å². The van der Waals surface area contributed by atoms with Crippen molar-refractivity contribution in [3.63, 3.8) is 0 Å². The molecule has 3 aliphatic heterocycles. The minimum absolute atomic E-state index is 0.150. The van der Waals surface area contributed by atoms with E-state index in [1.807, 2.05) is 74.5 Å². The highest BCUT2D eigenvalue weighted by atomic mass is 19.4. The summed E-state index contributed by atoms with van der Waals surface area (Å²) in [4.78, 5) is 2.10. The molecular weight excluding hydrogens is 676 g/mol. The van der Waals surface area contributed by atoms with E-state index in [1.54, 1.807) is 18.2 Å². The SMILES string of the molecule is C=C1OC2(c3ccc(N4CC(C)(C)c5cc(-c6cc(C(F)(F)F)cc(C(F)(F)F)c6)ccc54)cc3Oc3ccc4ccccc4c32)c2ccccc21. The summed E-state index contributed by atoms with van der Waals surface area (Å²) < 4.78 is 95.7. The van der Waals surface area contributed by atoms with Gasteiger partial charge < -0.3 is 14.4 Å². The van der Waals surface area contributed by atoms with E-state index in [9.17, 15) is 26.3 Å². The van der Waals surface area contributed by atoms with Crippen LogP contribution < -0.4 is 9.64 Å². The number of hydrogen-bond donors (Lipinski definition) is 0. The van der Waals surface area contributed by atoms with Crippen LogP contribution in [0.3, 0.4) is 0 Å². The Kier molecular flexibility index (Phi) is 6.61. The summed E-state index contributed by atoms with van der Waals surface area (Å²) in [5.41, 5.74) is 1.84. The molecule has 3 nitrogen and oxygen atoms in total. The van der Waals surface area contributed by atoms with E-state index in [2.05, 4.69) is 29.7 Å². The van der Waals surface area contributed by atoms with Gasteiger partial charge in [0.2, 0.25) is 0 Å². The van der Waals surface area contributed by atoms with Crippen LogP contribution in [-0.2, 0) is 28.1 Å². The third kappa shape index (κ3) is 4.67. The molecule has 0 saturated carbocycles. The first-order valence-corrected chi connectivity index (χ1v) is 16.7. The van der Waals surface area contributed by atoms with E-state index in [1.165, 1.54) is 0 Å². The molecule has 0 saturated heterocycles. The monoisotopic (exact) mass is 705 g/mol. The lowest BCUT2D eigenvalue weighted by Gasteiger charge is -2.38. The molecule has 0 fully saturated rings. The highest BCUT2D eigenvalue weighted by molar-refractivity contribution is 5.93. The van der Waals surface area contributed by atoms with Crippen LogP contribution in [-0.4, -0.2) is 6.54 Å². The lowest BCUT2D eigenvalue weighted by molar-refractivity contribution is -0.143. The highest BCUT2D eigenvalue weighted by Gasteiger charge is 2.52. The fourth-order valence-electron chi connectivity index (χ4n) is 8.13. The maximum absolute atomic E-state index is 13.7. The van der Waals surface area contributed by atoms with Crippen LogP contribution in [0.15, 0.2) is 122 Å². The van der Waals surface area contributed by atoms with Gasteiger partial charge in [0.25, 0.3) is 0 Å². The number of nitrogens with zero attached hydrogens (tertiary/aromatic N) is 1. The first-order valence-electron chi connectivity index (χ1n) is 16.7. The molecule has 0 radical (unpaired) electrons. The van der Waals surface area contributed by atoms with Crippen LogP contribution in [0.25, 0.3) is 27.7 Å². The molecule has 260 valence electrons. The van der Waals surface area contributed by atoms with E-state index in [0.29, 0.717) is 23.8 Å². The number of rotatable bonds is 2. The zero-order valence-electron chi connectivity index (χ0n) is 27.9. The molecule has 0 amide bonds. The average molecular weight is 706 g/mol. The molecule has 0 bridgehead atoms. The molecule has 1 spiro atoms. The van der Waals surface area contributed by atoms with Crippen molar-refractivity contribution in [1.29, 1.82) is 0 Å². The van der Waals surface area contributed by atoms with Crippen LogP contribution >= 0.6 is 0 Å². The Balaban J connectivity index is 1.17. The summed E-state index contributed by atoms with van der Waals surface area (Å²) in [5, 5.41) is 2.03. The summed E-state index contributed by atoms with van der Waals surface area (Å²) in [5.74, 6) is 1.80. The van der Waals surface area contributed by atoms with Crippen molar-refractivity contribution >= 4 is 27.9 Å². The fourth-order valence-corrected chi connectivity index (χ4v) is 8.13. The largest absolute Gasteiger partial charge is 0.473 e. The van der Waals surface area contributed by atoms with Gasteiger partial charge in [-0.25, -0.2) is 0 Å². The fraction of sp³-hybridized carbons (Fsp3) is 0.163. The van der Waals surface area contributed by atoms with Crippen LogP contribution in [0.2, 0.25) is 0 Å². The van der Waals surface area contributed by atoms with Crippen molar-refractivity contribution in [2.24, 2.45) is 0 Å². The highest BCUT2D eigenvalue weighted by Crippen LogP contribution is 2.60. The Hall–Kier alpha value is -5.70. The van der Waals surface area contributed by atoms with Crippen LogP contribution in [0.1, 0.15) is 52.8 Å². The number of benzene rings is 6. The normalized spacial score (nSPS) is 18.5. The maximum atomic E-state index is 13.7. The van der Waals surface area contributed by atoms with Gasteiger partial charge in [0.05, 0.1) is 16.7 Å². The Labute approximate surface area is 295 Å². The topological polar surface area (TPSA) is 21.7 Å². The molecule has 0 N–H and O–H groups in total. The average Bonchev–Trinajstić information content (AvgIpc) is 3.56. The smallest absolute Gasteiger partial charge is 0.416 e. The molecular formula is C43H29F6NO2. The predicted molar refractivity (Wildman–Crippen MR) is 189 cm³/mol. The van der Waals surface area contributed by atoms with Crippen molar-refractivity contribution in [3.05, 3.63) is 161 Å². The minimum atomic E-state index is -4.94. The first-order chi connectivity index (χ1) is 24.6. The van der Waals surface area contributed by atoms with Gasteiger partial charge in [-0.15, -0.1) is 0 Å². The number of ether oxygens (including phenoxy) is 2. The third-order valence-corrected chi connectivity index (χ3v) is 10.5. The molecule has 6 aromatic rings. The van der Waals surface area contributed by atoms with Crippen LogP contribution in [0.4, 0.5) is 37.7 Å². The summed E-state index contributed by atoms with van der Waals surface area (Å²) in [6.45, 7) is 8.78. The van der Waals surface area contributed by atoms with Crippen LogP contribution in [0, 0.1) is 0 Å². The van der Waals surface area contributed by atoms with Crippen molar-refractivity contribution < 1.29 is 35.8 Å². The van der Waals surface area contributed by atoms with Gasteiger partial charge in [-0.3, -0.25) is 0 Å². The van der Waals surface area contributed by atoms with Gasteiger partial charge in [-0.1, -0.05) is 81.1 Å². The Morgan fingerprint density at radius 1 is 0.654 bits per heavy atom. The minimum Gasteiger partial charge on any atom is -0.473 e. The Bertz CT molecular complexity index is 2470. The molecule has 6 aromatic carbocycles. The predicted octanol–water partition coefficient (Wildman–Crippen LogP) is 12.4. The van der Waals surface area contributed by atoms with E-state index in [4.69, 9.17) is 9.47 Å². The number of halogens is 6. The zero-order valence-corrected chi connectivity index (χ0v) is 27.9. The maximum Gasteiger partial charge on any atom is 0.416 e. The van der Waals surface area contributed by atoms with Crippen molar-refractivity contribution in [3.8, 4) is 22.6 Å². The molecule has 1 atom stereocenters. The van der Waals surface area contributed by atoms with Gasteiger partial charge >= 0.3 is 12.4 Å². The van der Waals surface area contributed by atoms with E-state index >= 15 is 0 Å². The molecule has 1 unspecified atom stereocenters. The number of anilines is 2. The van der Waals surface area contributed by atoms with Gasteiger partial charge in [0.15, 0.2) is 5.60 Å². The summed E-state index contributed by atoms with van der Waals surface area (Å²) >= 11 is 0. The second-order valence-corrected chi connectivity index (χ2v) is 14.2.